The van der Waals surface area contributed by atoms with Crippen molar-refractivity contribution in [3.63, 3.8) is 0 Å². The Morgan fingerprint density at radius 3 is 2.65 bits per heavy atom. The van der Waals surface area contributed by atoms with Gasteiger partial charge in [0.25, 0.3) is 0 Å². The first-order valence-corrected chi connectivity index (χ1v) is 7.43. The molecule has 1 aliphatic rings. The summed E-state index contributed by atoms with van der Waals surface area (Å²) < 4.78 is 5.88. The number of carboxylic acid groups (broad SMARTS) is 1. The number of hydrogen-bond donors (Lipinski definition) is 1. The molecule has 0 aliphatic heterocycles. The third-order valence-corrected chi connectivity index (χ3v) is 3.92. The van der Waals surface area contributed by atoms with E-state index >= 15 is 0 Å². The number of para-hydroxylation sites is 1. The quantitative estimate of drug-likeness (QED) is 0.820. The van der Waals surface area contributed by atoms with Crippen LogP contribution in [0.5, 0.6) is 5.75 Å². The van der Waals surface area contributed by atoms with Crippen LogP contribution < -0.4 is 4.74 Å². The van der Waals surface area contributed by atoms with E-state index < -0.39 is 5.97 Å². The van der Waals surface area contributed by atoms with Gasteiger partial charge < -0.3 is 9.84 Å². The topological polar surface area (TPSA) is 46.5 Å². The van der Waals surface area contributed by atoms with Gasteiger partial charge in [0, 0.05) is 0 Å². The molecule has 1 N–H and O–H groups in total. The monoisotopic (exact) mass is 276 g/mol. The van der Waals surface area contributed by atoms with Crippen molar-refractivity contribution in [1.82, 2.24) is 0 Å². The van der Waals surface area contributed by atoms with Gasteiger partial charge in [0.2, 0.25) is 0 Å². The van der Waals surface area contributed by atoms with Gasteiger partial charge in [-0.25, -0.2) is 0 Å². The summed E-state index contributed by atoms with van der Waals surface area (Å²) in [6.45, 7) is 7.14. The minimum absolute atomic E-state index is 0.124. The Hall–Kier alpha value is -1.51. The molecule has 1 aliphatic carbocycles. The molecule has 0 spiro atoms. The van der Waals surface area contributed by atoms with Gasteiger partial charge in [-0.2, -0.15) is 0 Å². The standard InChI is InChI=1S/C17H24O3/c1-11(2)10-20-16-7-5-4-6-14(16)12(3)8-13-9-15(13)17(18)19/h4-7,11-13,15H,8-10H2,1-3H3,(H,18,19). The summed E-state index contributed by atoms with van der Waals surface area (Å²) in [7, 11) is 0. The van der Waals surface area contributed by atoms with Crippen LogP contribution in [-0.4, -0.2) is 17.7 Å². The van der Waals surface area contributed by atoms with Crippen LogP contribution in [-0.2, 0) is 4.79 Å². The Morgan fingerprint density at radius 1 is 1.35 bits per heavy atom. The highest BCUT2D eigenvalue weighted by molar-refractivity contribution is 5.73. The fraction of sp³-hybridized carbons (Fsp3) is 0.588. The van der Waals surface area contributed by atoms with Gasteiger partial charge >= 0.3 is 5.97 Å². The Labute approximate surface area is 121 Å². The third kappa shape index (κ3) is 3.75. The molecule has 1 aromatic rings. The van der Waals surface area contributed by atoms with Crippen molar-refractivity contribution in [2.45, 2.75) is 39.5 Å². The maximum Gasteiger partial charge on any atom is 0.306 e. The first kappa shape index (κ1) is 14.9. The highest BCUT2D eigenvalue weighted by Gasteiger charge is 2.43. The zero-order valence-corrected chi connectivity index (χ0v) is 12.5. The lowest BCUT2D eigenvalue weighted by atomic mass is 9.94. The molecule has 0 radical (unpaired) electrons. The molecule has 3 unspecified atom stereocenters. The summed E-state index contributed by atoms with van der Waals surface area (Å²) >= 11 is 0. The summed E-state index contributed by atoms with van der Waals surface area (Å²) in [6.07, 6.45) is 1.76. The smallest absolute Gasteiger partial charge is 0.306 e. The molecule has 0 amide bonds. The highest BCUT2D eigenvalue weighted by Crippen LogP contribution is 2.46. The van der Waals surface area contributed by atoms with Gasteiger partial charge in [-0.1, -0.05) is 39.0 Å². The number of carboxylic acids is 1. The molecule has 1 fully saturated rings. The first-order chi connectivity index (χ1) is 9.49. The minimum atomic E-state index is -0.647. The van der Waals surface area contributed by atoms with Crippen LogP contribution in [0.1, 0.15) is 45.1 Å². The van der Waals surface area contributed by atoms with Crippen LogP contribution in [0.3, 0.4) is 0 Å². The average molecular weight is 276 g/mol. The molecule has 2 rings (SSSR count). The van der Waals surface area contributed by atoms with E-state index in [1.807, 2.05) is 18.2 Å². The Balaban J connectivity index is 1.98. The second kappa shape index (κ2) is 6.29. The van der Waals surface area contributed by atoms with Gasteiger partial charge in [0.1, 0.15) is 5.75 Å². The fourth-order valence-corrected chi connectivity index (χ4v) is 2.67. The molecule has 0 heterocycles. The summed E-state index contributed by atoms with van der Waals surface area (Å²) in [5.41, 5.74) is 1.20. The predicted molar refractivity (Wildman–Crippen MR) is 79.0 cm³/mol. The maximum atomic E-state index is 10.9. The van der Waals surface area contributed by atoms with E-state index in [1.54, 1.807) is 0 Å². The molecular weight excluding hydrogens is 252 g/mol. The molecule has 0 saturated heterocycles. The van der Waals surface area contributed by atoms with Crippen molar-refractivity contribution in [1.29, 1.82) is 0 Å². The molecule has 1 saturated carbocycles. The van der Waals surface area contributed by atoms with Crippen LogP contribution in [0.2, 0.25) is 0 Å². The zero-order chi connectivity index (χ0) is 14.7. The lowest BCUT2D eigenvalue weighted by Gasteiger charge is -2.18. The number of ether oxygens (including phenoxy) is 1. The van der Waals surface area contributed by atoms with Gasteiger partial charge in [-0.15, -0.1) is 0 Å². The van der Waals surface area contributed by atoms with Crippen LogP contribution in [0.15, 0.2) is 24.3 Å². The molecule has 3 nitrogen and oxygen atoms in total. The van der Waals surface area contributed by atoms with Gasteiger partial charge in [-0.05, 0) is 42.2 Å². The van der Waals surface area contributed by atoms with Crippen LogP contribution in [0.4, 0.5) is 0 Å². The Kier molecular flexibility index (Phi) is 4.69. The van der Waals surface area contributed by atoms with E-state index in [2.05, 4.69) is 26.8 Å². The van der Waals surface area contributed by atoms with E-state index in [0.29, 0.717) is 24.4 Å². The highest BCUT2D eigenvalue weighted by atomic mass is 16.5. The molecular formula is C17H24O3. The van der Waals surface area contributed by atoms with Crippen molar-refractivity contribution in [3.05, 3.63) is 29.8 Å². The Bertz CT molecular complexity index is 467. The van der Waals surface area contributed by atoms with E-state index in [9.17, 15) is 4.79 Å². The van der Waals surface area contributed by atoms with E-state index in [4.69, 9.17) is 9.84 Å². The molecule has 20 heavy (non-hydrogen) atoms. The van der Waals surface area contributed by atoms with Gasteiger partial charge in [-0.3, -0.25) is 4.79 Å². The number of rotatable bonds is 7. The molecule has 1 aromatic carbocycles. The predicted octanol–water partition coefficient (Wildman–Crippen LogP) is 3.94. The van der Waals surface area contributed by atoms with Gasteiger partial charge in [0.15, 0.2) is 0 Å². The fourth-order valence-electron chi connectivity index (χ4n) is 2.67. The number of benzene rings is 1. The molecule has 0 bridgehead atoms. The van der Waals surface area contributed by atoms with Gasteiger partial charge in [0.05, 0.1) is 12.5 Å². The average Bonchev–Trinajstić information content (AvgIpc) is 3.16. The Morgan fingerprint density at radius 2 is 2.05 bits per heavy atom. The van der Waals surface area contributed by atoms with Crippen LogP contribution in [0, 0.1) is 17.8 Å². The molecule has 3 atom stereocenters. The SMILES string of the molecule is CC(C)COc1ccccc1C(C)CC1CC1C(=O)O. The van der Waals surface area contributed by atoms with Crippen molar-refractivity contribution < 1.29 is 14.6 Å². The number of carbonyl (C=O) groups is 1. The second-order valence-electron chi connectivity index (χ2n) is 6.32. The maximum absolute atomic E-state index is 10.9. The van der Waals surface area contributed by atoms with Crippen molar-refractivity contribution in [3.8, 4) is 5.75 Å². The van der Waals surface area contributed by atoms with E-state index in [1.165, 1.54) is 5.56 Å². The number of aliphatic carboxylic acids is 1. The zero-order valence-electron chi connectivity index (χ0n) is 12.5. The summed E-state index contributed by atoms with van der Waals surface area (Å²) in [4.78, 5) is 10.9. The number of hydrogen-bond acceptors (Lipinski definition) is 2. The summed E-state index contributed by atoms with van der Waals surface area (Å²) in [5, 5.41) is 8.98. The lowest BCUT2D eigenvalue weighted by molar-refractivity contribution is -0.138. The lowest BCUT2D eigenvalue weighted by Crippen LogP contribution is -2.08. The van der Waals surface area contributed by atoms with Crippen molar-refractivity contribution in [2.75, 3.05) is 6.61 Å². The van der Waals surface area contributed by atoms with E-state index in [0.717, 1.165) is 18.6 Å². The minimum Gasteiger partial charge on any atom is -0.493 e. The third-order valence-electron chi connectivity index (χ3n) is 3.92. The molecule has 0 aromatic heterocycles. The second-order valence-corrected chi connectivity index (χ2v) is 6.32. The molecule has 3 heteroatoms. The van der Waals surface area contributed by atoms with E-state index in [-0.39, 0.29) is 5.92 Å². The summed E-state index contributed by atoms with van der Waals surface area (Å²) in [5.74, 6) is 1.35. The largest absolute Gasteiger partial charge is 0.493 e. The van der Waals surface area contributed by atoms with Crippen LogP contribution in [0.25, 0.3) is 0 Å². The van der Waals surface area contributed by atoms with Crippen LogP contribution >= 0.6 is 0 Å². The van der Waals surface area contributed by atoms with Crippen molar-refractivity contribution >= 4 is 5.97 Å². The normalized spacial score (nSPS) is 22.6. The summed E-state index contributed by atoms with van der Waals surface area (Å²) in [6, 6.07) is 8.12. The first-order valence-electron chi connectivity index (χ1n) is 7.43. The molecule has 110 valence electrons. The van der Waals surface area contributed by atoms with Crippen molar-refractivity contribution in [2.24, 2.45) is 17.8 Å².